The van der Waals surface area contributed by atoms with Gasteiger partial charge in [0.25, 0.3) is 0 Å². The molecule has 134 valence electrons. The van der Waals surface area contributed by atoms with Crippen molar-refractivity contribution in [3.63, 3.8) is 0 Å². The van der Waals surface area contributed by atoms with E-state index in [1.165, 1.54) is 5.69 Å². The molecule has 1 atom stereocenters. The zero-order valence-corrected chi connectivity index (χ0v) is 14.8. The van der Waals surface area contributed by atoms with Gasteiger partial charge in [0.1, 0.15) is 5.75 Å². The highest BCUT2D eigenvalue weighted by atomic mass is 16.5. The van der Waals surface area contributed by atoms with Gasteiger partial charge in [-0.25, -0.2) is 0 Å². The Labute approximate surface area is 149 Å². The highest BCUT2D eigenvalue weighted by Crippen LogP contribution is 2.20. The second-order valence-electron chi connectivity index (χ2n) is 6.49. The second-order valence-corrected chi connectivity index (χ2v) is 6.49. The lowest BCUT2D eigenvalue weighted by Gasteiger charge is -2.24. The molecule has 1 aromatic heterocycles. The molecule has 0 radical (unpaired) electrons. The molecule has 1 amide bonds. The lowest BCUT2D eigenvalue weighted by molar-refractivity contribution is -0.133. The Morgan fingerprint density at radius 3 is 2.76 bits per heavy atom. The predicted octanol–water partition coefficient (Wildman–Crippen LogP) is 2.95. The van der Waals surface area contributed by atoms with E-state index in [1.807, 2.05) is 35.2 Å². The summed E-state index contributed by atoms with van der Waals surface area (Å²) in [5.74, 6) is 1.36. The molecule has 0 fully saturated rings. The maximum atomic E-state index is 12.7. The largest absolute Gasteiger partial charge is 0.493 e. The van der Waals surface area contributed by atoms with Crippen molar-refractivity contribution in [2.24, 2.45) is 5.92 Å². The number of rotatable bonds is 7. The highest BCUT2D eigenvalue weighted by Gasteiger charge is 2.24. The number of hydrogen-bond acceptors (Lipinski definition) is 3. The standard InChI is InChI=1S/C20H26N2O3/c1-24-12-9-17-14-21-11-5-6-18(21)16-22(15-17)20(23)10-13-25-19-7-3-2-4-8-19/h2-8,11,17H,9-10,12-16H2,1H3/t17-/m0/s1. The summed E-state index contributed by atoms with van der Waals surface area (Å²) >= 11 is 0. The number of carbonyl (C=O) groups is 1. The number of benzene rings is 1. The van der Waals surface area contributed by atoms with Crippen molar-refractivity contribution in [1.29, 1.82) is 0 Å². The molecular weight excluding hydrogens is 316 g/mol. The number of fused-ring (bicyclic) bond motifs is 1. The Balaban J connectivity index is 1.58. The summed E-state index contributed by atoms with van der Waals surface area (Å²) in [6.45, 7) is 3.51. The SMILES string of the molecule is COCC[C@@H]1CN(C(=O)CCOc2ccccc2)Cc2cccn2C1. The van der Waals surface area contributed by atoms with Gasteiger partial charge in [-0.15, -0.1) is 0 Å². The van der Waals surface area contributed by atoms with Crippen LogP contribution in [0.2, 0.25) is 0 Å². The molecule has 0 unspecified atom stereocenters. The second kappa shape index (κ2) is 8.72. The zero-order chi connectivity index (χ0) is 17.5. The molecule has 1 aliphatic heterocycles. The number of nitrogens with zero attached hydrogens (tertiary/aromatic N) is 2. The average Bonchev–Trinajstić information content (AvgIpc) is 2.98. The van der Waals surface area contributed by atoms with Crippen molar-refractivity contribution in [1.82, 2.24) is 9.47 Å². The van der Waals surface area contributed by atoms with Crippen molar-refractivity contribution in [2.45, 2.75) is 25.9 Å². The molecule has 2 aromatic rings. The van der Waals surface area contributed by atoms with E-state index >= 15 is 0 Å². The van der Waals surface area contributed by atoms with Gasteiger partial charge >= 0.3 is 0 Å². The van der Waals surface area contributed by atoms with Crippen LogP contribution in [0.1, 0.15) is 18.5 Å². The summed E-state index contributed by atoms with van der Waals surface area (Å²) in [5, 5.41) is 0. The van der Waals surface area contributed by atoms with Crippen LogP contribution in [-0.4, -0.2) is 42.2 Å². The minimum atomic E-state index is 0.146. The number of para-hydroxylation sites is 1. The Bertz CT molecular complexity index is 669. The third kappa shape index (κ3) is 4.86. The van der Waals surface area contributed by atoms with Crippen molar-refractivity contribution >= 4 is 5.91 Å². The van der Waals surface area contributed by atoms with Gasteiger partial charge in [0.15, 0.2) is 0 Å². The maximum absolute atomic E-state index is 12.7. The van der Waals surface area contributed by atoms with Crippen LogP contribution in [0.4, 0.5) is 0 Å². The third-order valence-electron chi connectivity index (χ3n) is 4.62. The molecule has 5 nitrogen and oxygen atoms in total. The fraction of sp³-hybridized carbons (Fsp3) is 0.450. The molecule has 5 heteroatoms. The first kappa shape index (κ1) is 17.5. The Morgan fingerprint density at radius 2 is 1.96 bits per heavy atom. The molecule has 0 saturated heterocycles. The minimum absolute atomic E-state index is 0.146. The van der Waals surface area contributed by atoms with Gasteiger partial charge < -0.3 is 18.9 Å². The fourth-order valence-electron chi connectivity index (χ4n) is 3.27. The lowest BCUT2D eigenvalue weighted by Crippen LogP contribution is -2.35. The van der Waals surface area contributed by atoms with Gasteiger partial charge in [-0.05, 0) is 36.6 Å². The van der Waals surface area contributed by atoms with Crippen LogP contribution in [0.15, 0.2) is 48.7 Å². The minimum Gasteiger partial charge on any atom is -0.493 e. The molecule has 0 spiro atoms. The number of aromatic nitrogens is 1. The Morgan fingerprint density at radius 1 is 1.12 bits per heavy atom. The fourth-order valence-corrected chi connectivity index (χ4v) is 3.27. The van der Waals surface area contributed by atoms with Crippen LogP contribution in [0, 0.1) is 5.92 Å². The lowest BCUT2D eigenvalue weighted by atomic mass is 10.1. The normalized spacial score (nSPS) is 17.0. The third-order valence-corrected chi connectivity index (χ3v) is 4.62. The molecule has 0 saturated carbocycles. The van der Waals surface area contributed by atoms with Crippen LogP contribution in [0.5, 0.6) is 5.75 Å². The summed E-state index contributed by atoms with van der Waals surface area (Å²) in [5.41, 5.74) is 1.19. The summed E-state index contributed by atoms with van der Waals surface area (Å²) in [6.07, 6.45) is 3.45. The molecular formula is C20H26N2O3. The van der Waals surface area contributed by atoms with Crippen molar-refractivity contribution in [3.05, 3.63) is 54.4 Å². The molecule has 2 heterocycles. The van der Waals surface area contributed by atoms with E-state index in [-0.39, 0.29) is 5.91 Å². The van der Waals surface area contributed by atoms with E-state index < -0.39 is 0 Å². The Kier molecular flexibility index (Phi) is 6.12. The van der Waals surface area contributed by atoms with E-state index in [0.717, 1.165) is 31.9 Å². The highest BCUT2D eigenvalue weighted by molar-refractivity contribution is 5.76. The molecule has 0 bridgehead atoms. The summed E-state index contributed by atoms with van der Waals surface area (Å²) in [4.78, 5) is 14.7. The summed E-state index contributed by atoms with van der Waals surface area (Å²) in [7, 11) is 1.72. The van der Waals surface area contributed by atoms with Crippen LogP contribution in [0.3, 0.4) is 0 Å². The van der Waals surface area contributed by atoms with Gasteiger partial charge in [-0.1, -0.05) is 18.2 Å². The van der Waals surface area contributed by atoms with Gasteiger partial charge in [-0.3, -0.25) is 4.79 Å². The molecule has 0 aliphatic carbocycles. The molecule has 25 heavy (non-hydrogen) atoms. The van der Waals surface area contributed by atoms with Crippen LogP contribution >= 0.6 is 0 Å². The topological polar surface area (TPSA) is 43.7 Å². The van der Waals surface area contributed by atoms with Crippen molar-refractivity contribution in [2.75, 3.05) is 26.9 Å². The number of methoxy groups -OCH3 is 1. The Hall–Kier alpha value is -2.27. The predicted molar refractivity (Wildman–Crippen MR) is 96.4 cm³/mol. The van der Waals surface area contributed by atoms with Crippen molar-refractivity contribution in [3.8, 4) is 5.75 Å². The monoisotopic (exact) mass is 342 g/mol. The average molecular weight is 342 g/mol. The first-order valence-corrected chi connectivity index (χ1v) is 8.85. The first-order valence-electron chi connectivity index (χ1n) is 8.85. The number of hydrogen-bond donors (Lipinski definition) is 0. The van der Waals surface area contributed by atoms with E-state index in [4.69, 9.17) is 9.47 Å². The van der Waals surface area contributed by atoms with Gasteiger partial charge in [0, 0.05) is 38.7 Å². The smallest absolute Gasteiger partial charge is 0.226 e. The van der Waals surface area contributed by atoms with Crippen LogP contribution in [0.25, 0.3) is 0 Å². The van der Waals surface area contributed by atoms with Crippen LogP contribution < -0.4 is 4.74 Å². The van der Waals surface area contributed by atoms with Crippen LogP contribution in [-0.2, 0) is 22.6 Å². The van der Waals surface area contributed by atoms with Gasteiger partial charge in [0.2, 0.25) is 5.91 Å². The molecule has 3 rings (SSSR count). The van der Waals surface area contributed by atoms with E-state index in [2.05, 4.69) is 22.9 Å². The van der Waals surface area contributed by atoms with Gasteiger partial charge in [-0.2, -0.15) is 0 Å². The number of ether oxygens (including phenoxy) is 2. The van der Waals surface area contributed by atoms with E-state index in [1.54, 1.807) is 7.11 Å². The summed E-state index contributed by atoms with van der Waals surface area (Å²) in [6, 6.07) is 13.8. The maximum Gasteiger partial charge on any atom is 0.226 e. The zero-order valence-electron chi connectivity index (χ0n) is 14.8. The number of carbonyl (C=O) groups excluding carboxylic acids is 1. The van der Waals surface area contributed by atoms with E-state index in [0.29, 0.717) is 25.5 Å². The molecule has 0 N–H and O–H groups in total. The first-order chi connectivity index (χ1) is 12.3. The van der Waals surface area contributed by atoms with Crippen molar-refractivity contribution < 1.29 is 14.3 Å². The van der Waals surface area contributed by atoms with Gasteiger partial charge in [0.05, 0.1) is 19.6 Å². The van der Waals surface area contributed by atoms with E-state index in [9.17, 15) is 4.79 Å². The molecule has 1 aliphatic rings. The summed E-state index contributed by atoms with van der Waals surface area (Å²) < 4.78 is 13.2. The molecule has 1 aromatic carbocycles. The number of amides is 1. The quantitative estimate of drug-likeness (QED) is 0.777.